The van der Waals surface area contributed by atoms with E-state index in [0.717, 1.165) is 57.9 Å². The number of carbonyl (C=O) groups excluding carboxylic acids is 1. The zero-order valence-electron chi connectivity index (χ0n) is 27.1. The monoisotopic (exact) mass is 618 g/mol. The maximum absolute atomic E-state index is 14.6. The fourth-order valence-corrected chi connectivity index (χ4v) is 6.15. The fourth-order valence-electron chi connectivity index (χ4n) is 6.15. The second-order valence-corrected chi connectivity index (χ2v) is 11.2. The van der Waals surface area contributed by atoms with Gasteiger partial charge in [0.05, 0.1) is 62.4 Å². The minimum atomic E-state index is -0.0502. The van der Waals surface area contributed by atoms with E-state index in [2.05, 4.69) is 0 Å². The minimum absolute atomic E-state index is 0.0502. The number of hydrogen-bond donors (Lipinski definition) is 0. The van der Waals surface area contributed by atoms with E-state index in [1.807, 2.05) is 96.7 Å². The largest absolute Gasteiger partial charge is 0.493 e. The molecular formula is C37H38N4O5. The number of ketones is 1. The van der Waals surface area contributed by atoms with Crippen molar-refractivity contribution in [3.8, 4) is 23.0 Å². The molecule has 0 bridgehead atoms. The number of rotatable bonds is 10. The summed E-state index contributed by atoms with van der Waals surface area (Å²) in [5.41, 5.74) is 8.38. The van der Waals surface area contributed by atoms with Crippen LogP contribution in [0.5, 0.6) is 23.0 Å². The molecule has 0 atom stereocenters. The second-order valence-electron chi connectivity index (χ2n) is 11.2. The zero-order chi connectivity index (χ0) is 32.4. The van der Waals surface area contributed by atoms with E-state index in [4.69, 9.17) is 29.2 Å². The van der Waals surface area contributed by atoms with Crippen LogP contribution in [0.15, 0.2) is 83.0 Å². The molecule has 0 radical (unpaired) electrons. The van der Waals surface area contributed by atoms with Crippen LogP contribution in [0.1, 0.15) is 51.0 Å². The zero-order valence-corrected chi connectivity index (χ0v) is 27.1. The van der Waals surface area contributed by atoms with Crippen LogP contribution in [0.3, 0.4) is 0 Å². The lowest BCUT2D eigenvalue weighted by Crippen LogP contribution is -2.21. The minimum Gasteiger partial charge on any atom is -0.493 e. The summed E-state index contributed by atoms with van der Waals surface area (Å²) in [6, 6.07) is 23.5. The molecule has 6 rings (SSSR count). The molecule has 0 aromatic heterocycles. The lowest BCUT2D eigenvalue weighted by molar-refractivity contribution is 0.103. The smallest absolute Gasteiger partial charge is 0.197 e. The quantitative estimate of drug-likeness (QED) is 0.181. The van der Waals surface area contributed by atoms with Gasteiger partial charge in [-0.2, -0.15) is 10.2 Å². The van der Waals surface area contributed by atoms with E-state index in [-0.39, 0.29) is 5.78 Å². The Morgan fingerprint density at radius 1 is 0.587 bits per heavy atom. The summed E-state index contributed by atoms with van der Waals surface area (Å²) in [6.07, 6.45) is 1.46. The number of hydrogen-bond acceptors (Lipinski definition) is 9. The van der Waals surface area contributed by atoms with Crippen molar-refractivity contribution in [3.63, 3.8) is 0 Å². The van der Waals surface area contributed by atoms with Gasteiger partial charge < -0.3 is 18.9 Å². The molecule has 46 heavy (non-hydrogen) atoms. The molecule has 2 heterocycles. The molecule has 4 aromatic rings. The highest BCUT2D eigenvalue weighted by molar-refractivity contribution is 6.17. The standard InChI is InChI=1S/C37H38N4O5/c1-23-9-7-11-29(40-19-17-27(38-40)25-13-15-31(43-3)33(21-25)45-5)35(23)37(42)36-24(2)10-8-12-30(36)41-20-18-28(39-41)26-14-16-32(44-4)34(22-26)46-6/h7-16,21-22H,17-20H2,1-6H3. The Morgan fingerprint density at radius 3 is 1.39 bits per heavy atom. The van der Waals surface area contributed by atoms with Gasteiger partial charge in [-0.3, -0.25) is 14.8 Å². The molecule has 9 nitrogen and oxygen atoms in total. The molecule has 0 amide bonds. The Hall–Kier alpha value is -5.31. The van der Waals surface area contributed by atoms with Gasteiger partial charge in [0, 0.05) is 37.1 Å². The van der Waals surface area contributed by atoms with Crippen LogP contribution in [0.25, 0.3) is 0 Å². The van der Waals surface area contributed by atoms with Gasteiger partial charge in [0.1, 0.15) is 0 Å². The van der Waals surface area contributed by atoms with Gasteiger partial charge >= 0.3 is 0 Å². The predicted octanol–water partition coefficient (Wildman–Crippen LogP) is 6.80. The van der Waals surface area contributed by atoms with Gasteiger partial charge in [0.2, 0.25) is 0 Å². The topological polar surface area (TPSA) is 85.2 Å². The van der Waals surface area contributed by atoms with Crippen molar-refractivity contribution < 1.29 is 23.7 Å². The summed E-state index contributed by atoms with van der Waals surface area (Å²) in [7, 11) is 6.49. The van der Waals surface area contributed by atoms with Crippen LogP contribution in [0.2, 0.25) is 0 Å². The highest BCUT2D eigenvalue weighted by Crippen LogP contribution is 2.36. The molecule has 0 N–H and O–H groups in total. The van der Waals surface area contributed by atoms with Gasteiger partial charge in [-0.1, -0.05) is 24.3 Å². The molecule has 0 fully saturated rings. The Kier molecular flexibility index (Phi) is 8.66. The average molecular weight is 619 g/mol. The number of methoxy groups -OCH3 is 4. The highest BCUT2D eigenvalue weighted by Gasteiger charge is 2.29. The molecule has 0 spiro atoms. The van der Waals surface area contributed by atoms with Gasteiger partial charge in [-0.15, -0.1) is 0 Å². The number of anilines is 2. The fraction of sp³-hybridized carbons (Fsp3) is 0.270. The van der Waals surface area contributed by atoms with Crippen molar-refractivity contribution in [1.29, 1.82) is 0 Å². The Balaban J connectivity index is 1.35. The molecular weight excluding hydrogens is 580 g/mol. The summed E-state index contributed by atoms with van der Waals surface area (Å²) in [5.74, 6) is 2.59. The maximum Gasteiger partial charge on any atom is 0.197 e. The van der Waals surface area contributed by atoms with Gasteiger partial charge in [0.15, 0.2) is 28.8 Å². The van der Waals surface area contributed by atoms with Crippen molar-refractivity contribution in [3.05, 3.63) is 106 Å². The molecule has 0 unspecified atom stereocenters. The normalized spacial score (nSPS) is 14.2. The molecule has 9 heteroatoms. The number of benzene rings is 4. The Labute approximate surface area is 269 Å². The van der Waals surface area contributed by atoms with Gasteiger partial charge in [-0.25, -0.2) is 0 Å². The SMILES string of the molecule is COc1ccc(C2=NN(c3cccc(C)c3C(=O)c3c(C)cccc3N3CCC(c4ccc(OC)c(OC)c4)=N3)CC2)cc1OC. The van der Waals surface area contributed by atoms with E-state index in [9.17, 15) is 4.79 Å². The first-order chi connectivity index (χ1) is 22.4. The maximum atomic E-state index is 14.6. The first-order valence-electron chi connectivity index (χ1n) is 15.3. The van der Waals surface area contributed by atoms with E-state index in [1.54, 1.807) is 28.4 Å². The first kappa shape index (κ1) is 30.7. The molecule has 236 valence electrons. The molecule has 0 saturated carbocycles. The highest BCUT2D eigenvalue weighted by atomic mass is 16.5. The van der Waals surface area contributed by atoms with Crippen LogP contribution in [-0.4, -0.2) is 58.7 Å². The summed E-state index contributed by atoms with van der Waals surface area (Å²) in [6.45, 7) is 5.26. The van der Waals surface area contributed by atoms with Crippen molar-refractivity contribution in [2.75, 3.05) is 51.5 Å². The molecule has 2 aliphatic rings. The van der Waals surface area contributed by atoms with E-state index < -0.39 is 0 Å². The summed E-state index contributed by atoms with van der Waals surface area (Å²) in [5, 5.41) is 13.8. The third-order valence-corrected chi connectivity index (χ3v) is 8.55. The lowest BCUT2D eigenvalue weighted by atomic mass is 9.93. The molecule has 0 aliphatic carbocycles. The summed E-state index contributed by atoms with van der Waals surface area (Å²) < 4.78 is 21.9. The lowest BCUT2D eigenvalue weighted by Gasteiger charge is -2.23. The van der Waals surface area contributed by atoms with Crippen molar-refractivity contribution >= 4 is 28.6 Å². The molecule has 0 saturated heterocycles. The number of nitrogens with zero attached hydrogens (tertiary/aromatic N) is 4. The van der Waals surface area contributed by atoms with Crippen molar-refractivity contribution in [2.24, 2.45) is 10.2 Å². The second kappa shape index (κ2) is 13.0. The number of ether oxygens (including phenoxy) is 4. The van der Waals surface area contributed by atoms with Crippen LogP contribution in [-0.2, 0) is 0 Å². The third-order valence-electron chi connectivity index (χ3n) is 8.55. The van der Waals surface area contributed by atoms with Crippen LogP contribution in [0.4, 0.5) is 11.4 Å². The number of carbonyl (C=O) groups is 1. The molecule has 4 aromatic carbocycles. The first-order valence-corrected chi connectivity index (χ1v) is 15.3. The summed E-state index contributed by atoms with van der Waals surface area (Å²) >= 11 is 0. The summed E-state index contributed by atoms with van der Waals surface area (Å²) in [4.78, 5) is 14.6. The predicted molar refractivity (Wildman–Crippen MR) is 182 cm³/mol. The Morgan fingerprint density at radius 2 is 1.00 bits per heavy atom. The number of hydrazone groups is 2. The van der Waals surface area contributed by atoms with Crippen molar-refractivity contribution in [1.82, 2.24) is 0 Å². The average Bonchev–Trinajstić information content (AvgIpc) is 3.78. The Bertz CT molecular complexity index is 1730. The van der Waals surface area contributed by atoms with E-state index in [1.165, 1.54) is 0 Å². The third kappa shape index (κ3) is 5.64. The van der Waals surface area contributed by atoms with Crippen LogP contribution >= 0.6 is 0 Å². The van der Waals surface area contributed by atoms with Gasteiger partial charge in [0.25, 0.3) is 0 Å². The molecule has 2 aliphatic heterocycles. The van der Waals surface area contributed by atoms with Crippen molar-refractivity contribution in [2.45, 2.75) is 26.7 Å². The van der Waals surface area contributed by atoms with E-state index >= 15 is 0 Å². The number of aryl methyl sites for hydroxylation is 2. The van der Waals surface area contributed by atoms with Gasteiger partial charge in [-0.05, 0) is 73.5 Å². The van der Waals surface area contributed by atoms with E-state index in [0.29, 0.717) is 47.2 Å². The van der Waals surface area contributed by atoms with Crippen LogP contribution < -0.4 is 29.0 Å². The van der Waals surface area contributed by atoms with Crippen LogP contribution in [0, 0.1) is 13.8 Å².